The first-order valence-corrected chi connectivity index (χ1v) is 6.97. The predicted molar refractivity (Wildman–Crippen MR) is 82.8 cm³/mol. The Bertz CT molecular complexity index is 619. The second-order valence-electron chi connectivity index (χ2n) is 4.70. The molecule has 0 aromatic heterocycles. The maximum Gasteiger partial charge on any atom is 0.242 e. The third-order valence-electron chi connectivity index (χ3n) is 3.01. The van der Waals surface area contributed by atoms with E-state index in [1.165, 1.54) is 12.1 Å². The zero-order valence-electron chi connectivity index (χ0n) is 11.6. The van der Waals surface area contributed by atoms with Gasteiger partial charge >= 0.3 is 0 Å². The highest BCUT2D eigenvalue weighted by atomic mass is 35.5. The predicted octanol–water partition coefficient (Wildman–Crippen LogP) is 3.60. The molecule has 0 unspecified atom stereocenters. The van der Waals surface area contributed by atoms with Crippen molar-refractivity contribution in [2.24, 2.45) is 0 Å². The topological polar surface area (TPSA) is 41.1 Å². The minimum Gasteiger partial charge on any atom is -0.374 e. The standard InChI is InChI=1S/C16H16ClFN2O/c1-11(20-13-7-8-15(18)14(17)9-13)16(21)19-10-12-5-3-2-4-6-12/h2-9,11,20H,10H2,1H3,(H,19,21)/t11-/m0/s1. The molecular formula is C16H16ClFN2O. The third kappa shape index (κ3) is 4.46. The van der Waals surface area contributed by atoms with Gasteiger partial charge in [0.2, 0.25) is 5.91 Å². The van der Waals surface area contributed by atoms with Gasteiger partial charge in [0, 0.05) is 12.2 Å². The zero-order chi connectivity index (χ0) is 15.2. The van der Waals surface area contributed by atoms with E-state index in [-0.39, 0.29) is 10.9 Å². The number of benzene rings is 2. The Morgan fingerprint density at radius 3 is 2.62 bits per heavy atom. The summed E-state index contributed by atoms with van der Waals surface area (Å²) in [7, 11) is 0. The molecule has 1 amide bonds. The number of carbonyl (C=O) groups excluding carboxylic acids is 1. The van der Waals surface area contributed by atoms with Gasteiger partial charge in [-0.25, -0.2) is 4.39 Å². The molecule has 0 bridgehead atoms. The molecule has 0 aliphatic heterocycles. The van der Waals surface area contributed by atoms with Crippen LogP contribution in [-0.2, 0) is 11.3 Å². The van der Waals surface area contributed by atoms with Gasteiger partial charge in [-0.1, -0.05) is 41.9 Å². The number of nitrogens with one attached hydrogen (secondary N) is 2. The number of anilines is 1. The molecule has 21 heavy (non-hydrogen) atoms. The van der Waals surface area contributed by atoms with Crippen LogP contribution in [0.15, 0.2) is 48.5 Å². The highest BCUT2D eigenvalue weighted by Gasteiger charge is 2.12. The molecule has 110 valence electrons. The minimum atomic E-state index is -0.483. The summed E-state index contributed by atoms with van der Waals surface area (Å²) in [5.41, 5.74) is 1.63. The van der Waals surface area contributed by atoms with E-state index in [0.29, 0.717) is 12.2 Å². The van der Waals surface area contributed by atoms with E-state index in [4.69, 9.17) is 11.6 Å². The molecule has 2 aromatic carbocycles. The lowest BCUT2D eigenvalue weighted by Gasteiger charge is -2.15. The lowest BCUT2D eigenvalue weighted by Crippen LogP contribution is -2.37. The summed E-state index contributed by atoms with van der Waals surface area (Å²) >= 11 is 5.70. The van der Waals surface area contributed by atoms with Gasteiger partial charge in [0.1, 0.15) is 11.9 Å². The second kappa shape index (κ2) is 7.09. The highest BCUT2D eigenvalue weighted by molar-refractivity contribution is 6.31. The normalized spacial score (nSPS) is 11.8. The molecule has 2 aromatic rings. The first-order chi connectivity index (χ1) is 10.1. The first-order valence-electron chi connectivity index (χ1n) is 6.59. The van der Waals surface area contributed by atoms with Crippen LogP contribution in [-0.4, -0.2) is 11.9 Å². The fourth-order valence-corrected chi connectivity index (χ4v) is 2.02. The summed E-state index contributed by atoms with van der Waals surface area (Å²) in [6, 6.07) is 13.5. The molecule has 0 spiro atoms. The second-order valence-corrected chi connectivity index (χ2v) is 5.11. The Labute approximate surface area is 128 Å². The molecule has 0 saturated carbocycles. The average Bonchev–Trinajstić information content (AvgIpc) is 2.49. The Balaban J connectivity index is 1.88. The van der Waals surface area contributed by atoms with E-state index in [1.807, 2.05) is 30.3 Å². The van der Waals surface area contributed by atoms with Crippen LogP contribution in [0.5, 0.6) is 0 Å². The summed E-state index contributed by atoms with van der Waals surface area (Å²) in [4.78, 5) is 12.0. The van der Waals surface area contributed by atoms with Crippen LogP contribution in [0.25, 0.3) is 0 Å². The van der Waals surface area contributed by atoms with Crippen molar-refractivity contribution in [3.63, 3.8) is 0 Å². The number of rotatable bonds is 5. The Kier molecular flexibility index (Phi) is 5.17. The maximum absolute atomic E-state index is 13.1. The average molecular weight is 307 g/mol. The van der Waals surface area contributed by atoms with Crippen LogP contribution in [0.1, 0.15) is 12.5 Å². The van der Waals surface area contributed by atoms with Gasteiger partial charge in [-0.05, 0) is 30.7 Å². The molecule has 5 heteroatoms. The van der Waals surface area contributed by atoms with Crippen LogP contribution in [0, 0.1) is 5.82 Å². The van der Waals surface area contributed by atoms with Crippen molar-refractivity contribution in [2.45, 2.75) is 19.5 Å². The number of hydrogen-bond donors (Lipinski definition) is 2. The highest BCUT2D eigenvalue weighted by Crippen LogP contribution is 2.19. The van der Waals surface area contributed by atoms with Crippen molar-refractivity contribution in [3.8, 4) is 0 Å². The third-order valence-corrected chi connectivity index (χ3v) is 3.30. The number of hydrogen-bond acceptors (Lipinski definition) is 2. The molecule has 2 N–H and O–H groups in total. The fraction of sp³-hybridized carbons (Fsp3) is 0.188. The van der Waals surface area contributed by atoms with E-state index < -0.39 is 11.9 Å². The Hall–Kier alpha value is -2.07. The van der Waals surface area contributed by atoms with Gasteiger partial charge in [0.05, 0.1) is 5.02 Å². The molecule has 0 fully saturated rings. The van der Waals surface area contributed by atoms with Crippen LogP contribution >= 0.6 is 11.6 Å². The van der Waals surface area contributed by atoms with Crippen molar-refractivity contribution in [2.75, 3.05) is 5.32 Å². The minimum absolute atomic E-state index is 0.0249. The molecular weight excluding hydrogens is 291 g/mol. The zero-order valence-corrected chi connectivity index (χ0v) is 12.3. The van der Waals surface area contributed by atoms with E-state index in [9.17, 15) is 9.18 Å². The van der Waals surface area contributed by atoms with E-state index in [1.54, 1.807) is 13.0 Å². The number of halogens is 2. The summed E-state index contributed by atoms with van der Waals surface area (Å²) < 4.78 is 13.1. The molecule has 2 rings (SSSR count). The van der Waals surface area contributed by atoms with Crippen molar-refractivity contribution < 1.29 is 9.18 Å². The van der Waals surface area contributed by atoms with Crippen LogP contribution in [0.4, 0.5) is 10.1 Å². The van der Waals surface area contributed by atoms with Gasteiger partial charge in [-0.3, -0.25) is 4.79 Å². The first kappa shape index (κ1) is 15.3. The monoisotopic (exact) mass is 306 g/mol. The van der Waals surface area contributed by atoms with E-state index in [2.05, 4.69) is 10.6 Å². The molecule has 0 aliphatic carbocycles. The number of carbonyl (C=O) groups is 1. The van der Waals surface area contributed by atoms with Gasteiger partial charge in [-0.15, -0.1) is 0 Å². The summed E-state index contributed by atoms with van der Waals surface area (Å²) in [6.45, 7) is 2.20. The molecule has 0 radical (unpaired) electrons. The van der Waals surface area contributed by atoms with Crippen LogP contribution < -0.4 is 10.6 Å². The summed E-state index contributed by atoms with van der Waals surface area (Å²) in [6.07, 6.45) is 0. The smallest absolute Gasteiger partial charge is 0.242 e. The number of amides is 1. The largest absolute Gasteiger partial charge is 0.374 e. The fourth-order valence-electron chi connectivity index (χ4n) is 1.84. The quantitative estimate of drug-likeness (QED) is 0.886. The van der Waals surface area contributed by atoms with Gasteiger partial charge in [0.25, 0.3) is 0 Å². The SMILES string of the molecule is C[C@H](Nc1ccc(F)c(Cl)c1)C(=O)NCc1ccccc1. The molecule has 0 aliphatic rings. The molecule has 0 heterocycles. The van der Waals surface area contributed by atoms with Crippen molar-refractivity contribution in [1.29, 1.82) is 0 Å². The summed E-state index contributed by atoms with van der Waals surface area (Å²) in [5, 5.41) is 5.84. The van der Waals surface area contributed by atoms with E-state index in [0.717, 1.165) is 5.56 Å². The Morgan fingerprint density at radius 2 is 1.95 bits per heavy atom. The van der Waals surface area contributed by atoms with Crippen molar-refractivity contribution >= 4 is 23.2 Å². The maximum atomic E-state index is 13.1. The van der Waals surface area contributed by atoms with E-state index >= 15 is 0 Å². The van der Waals surface area contributed by atoms with Gasteiger partial charge < -0.3 is 10.6 Å². The van der Waals surface area contributed by atoms with Crippen molar-refractivity contribution in [3.05, 3.63) is 64.9 Å². The lowest BCUT2D eigenvalue weighted by atomic mass is 10.2. The lowest BCUT2D eigenvalue weighted by molar-refractivity contribution is -0.121. The van der Waals surface area contributed by atoms with Gasteiger partial charge in [-0.2, -0.15) is 0 Å². The molecule has 0 saturated heterocycles. The molecule has 1 atom stereocenters. The van der Waals surface area contributed by atoms with Crippen molar-refractivity contribution in [1.82, 2.24) is 5.32 Å². The van der Waals surface area contributed by atoms with Crippen LogP contribution in [0.2, 0.25) is 5.02 Å². The molecule has 3 nitrogen and oxygen atoms in total. The van der Waals surface area contributed by atoms with Gasteiger partial charge in [0.15, 0.2) is 0 Å². The van der Waals surface area contributed by atoms with Crippen LogP contribution in [0.3, 0.4) is 0 Å². The Morgan fingerprint density at radius 1 is 1.24 bits per heavy atom. The summed E-state index contributed by atoms with van der Waals surface area (Å²) in [5.74, 6) is -0.623.